The third-order valence-electron chi connectivity index (χ3n) is 3.39. The van der Waals surface area contributed by atoms with Crippen LogP contribution in [0.4, 0.5) is 5.69 Å². The first-order valence-corrected chi connectivity index (χ1v) is 6.85. The van der Waals surface area contributed by atoms with Crippen molar-refractivity contribution in [1.82, 2.24) is 4.90 Å². The molecule has 1 saturated heterocycles. The fraction of sp³-hybridized carbons (Fsp3) is 0.538. The molecule has 1 unspecified atom stereocenters. The zero-order chi connectivity index (χ0) is 12.3. The van der Waals surface area contributed by atoms with Gasteiger partial charge >= 0.3 is 0 Å². The monoisotopic (exact) mass is 297 g/mol. The van der Waals surface area contributed by atoms with Crippen LogP contribution in [0.15, 0.2) is 28.7 Å². The zero-order valence-electron chi connectivity index (χ0n) is 10.2. The van der Waals surface area contributed by atoms with Gasteiger partial charge in [0.2, 0.25) is 0 Å². The molecule has 0 bridgehead atoms. The van der Waals surface area contributed by atoms with Crippen molar-refractivity contribution in [2.75, 3.05) is 32.0 Å². The molecule has 3 N–H and O–H groups in total. The molecule has 0 spiro atoms. The number of nitrogens with zero attached hydrogens (tertiary/aromatic N) is 1. The third kappa shape index (κ3) is 3.21. The Morgan fingerprint density at radius 1 is 1.53 bits per heavy atom. The topological polar surface area (TPSA) is 41.3 Å². The average Bonchev–Trinajstić information content (AvgIpc) is 2.29. The lowest BCUT2D eigenvalue weighted by Crippen LogP contribution is -2.56. The largest absolute Gasteiger partial charge is 0.377 e. The van der Waals surface area contributed by atoms with Crippen molar-refractivity contribution in [1.29, 1.82) is 0 Å². The fourth-order valence-corrected chi connectivity index (χ4v) is 2.95. The minimum Gasteiger partial charge on any atom is -0.377 e. The molecule has 1 aliphatic heterocycles. The maximum atomic E-state index is 5.99. The number of anilines is 1. The first kappa shape index (κ1) is 12.9. The SMILES string of the molecule is CN1CCCC(CN)(Nc2cccc(Br)c2)C1. The molecule has 1 atom stereocenters. The molecule has 0 amide bonds. The van der Waals surface area contributed by atoms with E-state index in [1.165, 1.54) is 13.0 Å². The molecule has 4 heteroatoms. The lowest BCUT2D eigenvalue weighted by Gasteiger charge is -2.42. The number of halogens is 1. The number of likely N-dealkylation sites (tertiary alicyclic amines) is 1. The van der Waals surface area contributed by atoms with E-state index in [0.717, 1.165) is 23.1 Å². The van der Waals surface area contributed by atoms with Gasteiger partial charge in [-0.3, -0.25) is 0 Å². The number of hydrogen-bond donors (Lipinski definition) is 2. The van der Waals surface area contributed by atoms with Gasteiger partial charge in [-0.05, 0) is 44.6 Å². The predicted molar refractivity (Wildman–Crippen MR) is 76.3 cm³/mol. The number of rotatable bonds is 3. The van der Waals surface area contributed by atoms with Gasteiger partial charge in [0.1, 0.15) is 0 Å². The molecule has 1 fully saturated rings. The highest BCUT2D eigenvalue weighted by molar-refractivity contribution is 9.10. The lowest BCUT2D eigenvalue weighted by atomic mass is 9.89. The molecule has 0 aliphatic carbocycles. The second-order valence-corrected chi connectivity index (χ2v) is 5.88. The van der Waals surface area contributed by atoms with E-state index in [4.69, 9.17) is 5.73 Å². The van der Waals surface area contributed by atoms with Gasteiger partial charge in [0.05, 0.1) is 5.54 Å². The maximum Gasteiger partial charge on any atom is 0.0622 e. The van der Waals surface area contributed by atoms with Crippen molar-refractivity contribution >= 4 is 21.6 Å². The molecule has 1 heterocycles. The van der Waals surface area contributed by atoms with Gasteiger partial charge in [-0.15, -0.1) is 0 Å². The van der Waals surface area contributed by atoms with E-state index in [0.29, 0.717) is 6.54 Å². The molecule has 0 aromatic heterocycles. The summed E-state index contributed by atoms with van der Waals surface area (Å²) < 4.78 is 1.10. The van der Waals surface area contributed by atoms with Crippen LogP contribution in [0.3, 0.4) is 0 Å². The highest BCUT2D eigenvalue weighted by Crippen LogP contribution is 2.26. The average molecular weight is 298 g/mol. The minimum absolute atomic E-state index is 0.0216. The molecule has 3 nitrogen and oxygen atoms in total. The molecule has 17 heavy (non-hydrogen) atoms. The Hall–Kier alpha value is -0.580. The lowest BCUT2D eigenvalue weighted by molar-refractivity contribution is 0.198. The summed E-state index contributed by atoms with van der Waals surface area (Å²) in [4.78, 5) is 2.35. The van der Waals surface area contributed by atoms with Gasteiger partial charge in [0.15, 0.2) is 0 Å². The smallest absolute Gasteiger partial charge is 0.0622 e. The minimum atomic E-state index is 0.0216. The molecule has 0 radical (unpaired) electrons. The van der Waals surface area contributed by atoms with Crippen molar-refractivity contribution in [3.63, 3.8) is 0 Å². The van der Waals surface area contributed by atoms with Gasteiger partial charge in [-0.25, -0.2) is 0 Å². The zero-order valence-corrected chi connectivity index (χ0v) is 11.8. The van der Waals surface area contributed by atoms with Gasteiger partial charge in [-0.1, -0.05) is 22.0 Å². The van der Waals surface area contributed by atoms with E-state index in [-0.39, 0.29) is 5.54 Å². The van der Waals surface area contributed by atoms with Crippen LogP contribution in [0.25, 0.3) is 0 Å². The summed E-state index contributed by atoms with van der Waals surface area (Å²) in [6.45, 7) is 2.85. The molecule has 1 aromatic carbocycles. The van der Waals surface area contributed by atoms with Crippen LogP contribution in [-0.4, -0.2) is 37.1 Å². The summed E-state index contributed by atoms with van der Waals surface area (Å²) in [7, 11) is 2.16. The molecule has 1 aliphatic rings. The fourth-order valence-electron chi connectivity index (χ4n) is 2.55. The van der Waals surface area contributed by atoms with E-state index < -0.39 is 0 Å². The number of nitrogens with two attached hydrogens (primary N) is 1. The Labute approximate surface area is 111 Å². The van der Waals surface area contributed by atoms with Crippen LogP contribution in [-0.2, 0) is 0 Å². The van der Waals surface area contributed by atoms with Crippen LogP contribution in [0, 0.1) is 0 Å². The van der Waals surface area contributed by atoms with Gasteiger partial charge < -0.3 is 16.0 Å². The Balaban J connectivity index is 2.13. The number of piperidine rings is 1. The third-order valence-corrected chi connectivity index (χ3v) is 3.89. The van der Waals surface area contributed by atoms with Crippen LogP contribution in [0.2, 0.25) is 0 Å². The summed E-state index contributed by atoms with van der Waals surface area (Å²) in [5, 5.41) is 3.62. The summed E-state index contributed by atoms with van der Waals surface area (Å²) >= 11 is 3.50. The standard InChI is InChI=1S/C13H20BrN3/c1-17-7-3-6-13(9-15,10-17)16-12-5-2-4-11(14)8-12/h2,4-5,8,16H,3,6-7,9-10,15H2,1H3. The van der Waals surface area contributed by atoms with E-state index in [1.54, 1.807) is 0 Å². The second kappa shape index (κ2) is 5.38. The summed E-state index contributed by atoms with van der Waals surface area (Å²) in [6.07, 6.45) is 2.34. The normalized spacial score (nSPS) is 25.8. The number of nitrogens with one attached hydrogen (secondary N) is 1. The Bertz CT molecular complexity index is 383. The Morgan fingerprint density at radius 2 is 2.35 bits per heavy atom. The predicted octanol–water partition coefficient (Wildman–Crippen LogP) is 2.28. The van der Waals surface area contributed by atoms with Crippen molar-refractivity contribution < 1.29 is 0 Å². The van der Waals surface area contributed by atoms with Crippen LogP contribution < -0.4 is 11.1 Å². The molecular weight excluding hydrogens is 278 g/mol. The van der Waals surface area contributed by atoms with Crippen molar-refractivity contribution in [2.24, 2.45) is 5.73 Å². The number of benzene rings is 1. The first-order valence-electron chi connectivity index (χ1n) is 6.06. The Morgan fingerprint density at radius 3 is 3.00 bits per heavy atom. The second-order valence-electron chi connectivity index (χ2n) is 4.96. The highest BCUT2D eigenvalue weighted by atomic mass is 79.9. The van der Waals surface area contributed by atoms with E-state index in [1.807, 2.05) is 12.1 Å². The first-order chi connectivity index (χ1) is 8.13. The molecular formula is C13H20BrN3. The molecule has 0 saturated carbocycles. The van der Waals surface area contributed by atoms with Crippen molar-refractivity contribution in [2.45, 2.75) is 18.4 Å². The number of hydrogen-bond acceptors (Lipinski definition) is 3. The van der Waals surface area contributed by atoms with Gasteiger partial charge in [0, 0.05) is 23.2 Å². The Kier molecular flexibility index (Phi) is 4.07. The van der Waals surface area contributed by atoms with Gasteiger partial charge in [-0.2, -0.15) is 0 Å². The quantitative estimate of drug-likeness (QED) is 0.899. The van der Waals surface area contributed by atoms with Gasteiger partial charge in [0.25, 0.3) is 0 Å². The highest BCUT2D eigenvalue weighted by Gasteiger charge is 2.32. The molecule has 94 valence electrons. The van der Waals surface area contributed by atoms with Crippen LogP contribution >= 0.6 is 15.9 Å². The molecule has 2 rings (SSSR count). The van der Waals surface area contributed by atoms with E-state index in [9.17, 15) is 0 Å². The van der Waals surface area contributed by atoms with Crippen molar-refractivity contribution in [3.8, 4) is 0 Å². The summed E-state index contributed by atoms with van der Waals surface area (Å²) in [6, 6.07) is 8.28. The van der Waals surface area contributed by atoms with E-state index in [2.05, 4.69) is 45.3 Å². The summed E-state index contributed by atoms with van der Waals surface area (Å²) in [5.41, 5.74) is 7.15. The maximum absolute atomic E-state index is 5.99. The van der Waals surface area contributed by atoms with Crippen molar-refractivity contribution in [3.05, 3.63) is 28.7 Å². The van der Waals surface area contributed by atoms with Crippen LogP contribution in [0.1, 0.15) is 12.8 Å². The summed E-state index contributed by atoms with van der Waals surface area (Å²) in [5.74, 6) is 0. The molecule has 1 aromatic rings. The van der Waals surface area contributed by atoms with Crippen LogP contribution in [0.5, 0.6) is 0 Å². The van der Waals surface area contributed by atoms with E-state index >= 15 is 0 Å². The number of likely N-dealkylation sites (N-methyl/N-ethyl adjacent to an activating group) is 1.